The Morgan fingerprint density at radius 2 is 1.22 bits per heavy atom. The number of phosphoric ester groups is 1. The van der Waals surface area contributed by atoms with E-state index in [2.05, 4.69) is 6.92 Å². The number of phosphoric acid groups is 1. The van der Waals surface area contributed by atoms with Crippen molar-refractivity contribution in [2.75, 3.05) is 47.5 Å². The van der Waals surface area contributed by atoms with Crippen molar-refractivity contribution in [1.29, 1.82) is 0 Å². The van der Waals surface area contributed by atoms with Gasteiger partial charge in [0.2, 0.25) is 0 Å². The van der Waals surface area contributed by atoms with Crippen molar-refractivity contribution < 1.29 is 57.1 Å². The summed E-state index contributed by atoms with van der Waals surface area (Å²) in [7, 11) is 1.03. The highest BCUT2D eigenvalue weighted by Crippen LogP contribution is 2.38. The van der Waals surface area contributed by atoms with Crippen molar-refractivity contribution in [2.45, 2.75) is 154 Å². The van der Waals surface area contributed by atoms with Gasteiger partial charge in [0.05, 0.1) is 33.9 Å². The first-order valence-corrected chi connectivity index (χ1v) is 20.0. The summed E-state index contributed by atoms with van der Waals surface area (Å²) in [4.78, 5) is 47.7. The lowest BCUT2D eigenvalue weighted by Crippen LogP contribution is -2.37. The van der Waals surface area contributed by atoms with E-state index in [1.165, 1.54) is 63.9 Å². The van der Waals surface area contributed by atoms with Gasteiger partial charge in [0, 0.05) is 18.9 Å². The number of rotatable bonds is 34. The molecule has 0 spiro atoms. The van der Waals surface area contributed by atoms with E-state index in [0.717, 1.165) is 44.6 Å². The minimum absolute atomic E-state index is 0.0686. The number of carboxylic acid groups (broad SMARTS) is 1. The standard InChI is InChI=1S/C36H68NO11P/c1-5-6-7-8-9-10-11-12-13-14-15-18-21-24-35(41)45-30-33(31-47-49(43,44)46-29-28-37(2,3)4)48-36(42)25-22-19-16-17-20-23-32(38)26-27-34(39)40/h26-27,32-33,38H,5-25,28-31H2,1-4H3,(H-,39,40,43,44)/b27-26+/t32?,33-/m1/s1. The maximum absolute atomic E-state index is 12.5. The number of aliphatic hydroxyl groups is 1. The zero-order chi connectivity index (χ0) is 36.8. The van der Waals surface area contributed by atoms with Crippen molar-refractivity contribution in [2.24, 2.45) is 0 Å². The van der Waals surface area contributed by atoms with E-state index >= 15 is 0 Å². The number of carboxylic acids is 1. The minimum Gasteiger partial charge on any atom is -0.756 e. The quantitative estimate of drug-likeness (QED) is 0.0234. The Morgan fingerprint density at radius 1 is 0.735 bits per heavy atom. The molecule has 0 aliphatic carbocycles. The van der Waals surface area contributed by atoms with Crippen LogP contribution in [0.15, 0.2) is 12.2 Å². The lowest BCUT2D eigenvalue weighted by molar-refractivity contribution is -0.870. The Bertz CT molecular complexity index is 938. The van der Waals surface area contributed by atoms with Crippen LogP contribution in [0.4, 0.5) is 0 Å². The summed E-state index contributed by atoms with van der Waals surface area (Å²) < 4.78 is 33.5. The molecule has 0 aromatic carbocycles. The number of carbonyl (C=O) groups is 3. The van der Waals surface area contributed by atoms with Crippen LogP contribution in [0.25, 0.3) is 0 Å². The maximum atomic E-state index is 12.5. The predicted molar refractivity (Wildman–Crippen MR) is 189 cm³/mol. The summed E-state index contributed by atoms with van der Waals surface area (Å²) in [5, 5.41) is 18.3. The molecule has 0 saturated heterocycles. The van der Waals surface area contributed by atoms with Crippen LogP contribution < -0.4 is 4.89 Å². The van der Waals surface area contributed by atoms with Crippen LogP contribution in [0.2, 0.25) is 0 Å². The fraction of sp³-hybridized carbons (Fsp3) is 0.861. The predicted octanol–water partition coefficient (Wildman–Crippen LogP) is 6.86. The van der Waals surface area contributed by atoms with Crippen LogP contribution in [0.5, 0.6) is 0 Å². The van der Waals surface area contributed by atoms with Gasteiger partial charge in [0.25, 0.3) is 7.82 Å². The molecule has 49 heavy (non-hydrogen) atoms. The number of esters is 2. The lowest BCUT2D eigenvalue weighted by Gasteiger charge is -2.28. The van der Waals surface area contributed by atoms with E-state index in [0.29, 0.717) is 36.7 Å². The van der Waals surface area contributed by atoms with E-state index in [4.69, 9.17) is 23.6 Å². The number of likely N-dealkylation sites (N-methyl/N-ethyl adjacent to an activating group) is 1. The molecule has 0 aromatic rings. The van der Waals surface area contributed by atoms with Crippen molar-refractivity contribution >= 4 is 25.7 Å². The molecule has 2 N–H and O–H groups in total. The number of hydrogen-bond donors (Lipinski definition) is 2. The zero-order valence-electron chi connectivity index (χ0n) is 31.0. The molecular formula is C36H68NO11P. The number of hydrogen-bond acceptors (Lipinski definition) is 10. The number of aliphatic hydroxyl groups excluding tert-OH is 1. The Balaban J connectivity index is 4.48. The molecule has 0 heterocycles. The first kappa shape index (κ1) is 47.2. The molecule has 0 fully saturated rings. The Kier molecular flexibility index (Phi) is 28.8. The van der Waals surface area contributed by atoms with Gasteiger partial charge in [-0.05, 0) is 25.3 Å². The number of quaternary nitrogens is 1. The molecule has 0 aromatic heterocycles. The summed E-state index contributed by atoms with van der Waals surface area (Å²) in [6.45, 7) is 1.76. The van der Waals surface area contributed by atoms with Crippen LogP contribution in [0, 0.1) is 0 Å². The molecular weight excluding hydrogens is 653 g/mol. The molecule has 2 unspecified atom stereocenters. The lowest BCUT2D eigenvalue weighted by atomic mass is 10.0. The third-order valence-electron chi connectivity index (χ3n) is 7.98. The summed E-state index contributed by atoms with van der Waals surface area (Å²) in [5.41, 5.74) is 0. The van der Waals surface area contributed by atoms with Gasteiger partial charge in [-0.25, -0.2) is 4.79 Å². The fourth-order valence-electron chi connectivity index (χ4n) is 4.99. The van der Waals surface area contributed by atoms with Crippen molar-refractivity contribution in [3.8, 4) is 0 Å². The molecule has 288 valence electrons. The highest BCUT2D eigenvalue weighted by Gasteiger charge is 2.21. The van der Waals surface area contributed by atoms with Crippen LogP contribution in [0.1, 0.15) is 142 Å². The Labute approximate surface area is 296 Å². The highest BCUT2D eigenvalue weighted by atomic mass is 31.2. The molecule has 0 radical (unpaired) electrons. The summed E-state index contributed by atoms with van der Waals surface area (Å²) >= 11 is 0. The third-order valence-corrected chi connectivity index (χ3v) is 8.95. The van der Waals surface area contributed by atoms with E-state index < -0.39 is 44.5 Å². The number of unbranched alkanes of at least 4 members (excludes halogenated alkanes) is 16. The van der Waals surface area contributed by atoms with Crippen molar-refractivity contribution in [3.63, 3.8) is 0 Å². The SMILES string of the molecule is CCCCCCCCCCCCCCCC(=O)OC[C@H](COP(=O)([O-])OCC[N+](C)(C)C)OC(=O)CCCCCCCC(O)/C=C/C(=O)O. The topological polar surface area (TPSA) is 169 Å². The molecule has 3 atom stereocenters. The number of ether oxygens (including phenoxy) is 2. The van der Waals surface area contributed by atoms with Gasteiger partial charge in [0.15, 0.2) is 6.10 Å². The van der Waals surface area contributed by atoms with Gasteiger partial charge in [-0.3, -0.25) is 14.2 Å². The highest BCUT2D eigenvalue weighted by molar-refractivity contribution is 7.45. The molecule has 0 amide bonds. The van der Waals surface area contributed by atoms with Gasteiger partial charge in [-0.15, -0.1) is 0 Å². The molecule has 13 heteroatoms. The van der Waals surface area contributed by atoms with E-state index in [-0.39, 0.29) is 26.1 Å². The smallest absolute Gasteiger partial charge is 0.328 e. The average molecular weight is 722 g/mol. The molecule has 0 rings (SSSR count). The first-order valence-electron chi connectivity index (χ1n) is 18.6. The normalized spacial score (nSPS) is 14.4. The van der Waals surface area contributed by atoms with E-state index in [1.54, 1.807) is 0 Å². The van der Waals surface area contributed by atoms with Gasteiger partial charge in [-0.1, -0.05) is 110 Å². The zero-order valence-corrected chi connectivity index (χ0v) is 31.8. The number of aliphatic carboxylic acids is 1. The molecule has 12 nitrogen and oxygen atoms in total. The third kappa shape index (κ3) is 34.4. The van der Waals surface area contributed by atoms with Crippen molar-refractivity contribution in [1.82, 2.24) is 0 Å². The Morgan fingerprint density at radius 3 is 1.73 bits per heavy atom. The molecule has 0 saturated carbocycles. The maximum Gasteiger partial charge on any atom is 0.328 e. The minimum atomic E-state index is -4.66. The second-order valence-electron chi connectivity index (χ2n) is 13.9. The van der Waals surface area contributed by atoms with Crippen LogP contribution in [-0.4, -0.2) is 92.3 Å². The molecule has 0 bridgehead atoms. The average Bonchev–Trinajstić information content (AvgIpc) is 3.02. The summed E-state index contributed by atoms with van der Waals surface area (Å²) in [6, 6.07) is 0. The van der Waals surface area contributed by atoms with Gasteiger partial charge in [-0.2, -0.15) is 0 Å². The van der Waals surface area contributed by atoms with E-state index in [9.17, 15) is 28.9 Å². The van der Waals surface area contributed by atoms with E-state index in [1.807, 2.05) is 21.1 Å². The largest absolute Gasteiger partial charge is 0.756 e. The summed E-state index contributed by atoms with van der Waals surface area (Å²) in [5.74, 6) is -2.09. The monoisotopic (exact) mass is 721 g/mol. The number of nitrogens with zero attached hydrogens (tertiary/aromatic N) is 1. The van der Waals surface area contributed by atoms with Crippen molar-refractivity contribution in [3.05, 3.63) is 12.2 Å². The number of carbonyl (C=O) groups excluding carboxylic acids is 2. The van der Waals surface area contributed by atoms with Gasteiger partial charge >= 0.3 is 17.9 Å². The van der Waals surface area contributed by atoms with Gasteiger partial charge < -0.3 is 38.1 Å². The second kappa shape index (κ2) is 29.9. The fourth-order valence-corrected chi connectivity index (χ4v) is 5.72. The Hall–Kier alpha value is -1.82. The van der Waals surface area contributed by atoms with Crippen LogP contribution >= 0.6 is 7.82 Å². The molecule has 0 aliphatic heterocycles. The first-order chi connectivity index (χ1) is 23.2. The second-order valence-corrected chi connectivity index (χ2v) is 15.4. The van der Waals surface area contributed by atoms with Crippen LogP contribution in [0.3, 0.4) is 0 Å². The molecule has 0 aliphatic rings. The summed E-state index contributed by atoms with van der Waals surface area (Å²) in [6.07, 6.45) is 20.3. The van der Waals surface area contributed by atoms with Gasteiger partial charge in [0.1, 0.15) is 19.8 Å². The van der Waals surface area contributed by atoms with Crippen LogP contribution in [-0.2, 0) is 37.5 Å².